The number of aryl methyl sites for hydroxylation is 1. The van der Waals surface area contributed by atoms with Gasteiger partial charge in [-0.3, -0.25) is 14.9 Å². The number of para-hydroxylation sites is 1. The van der Waals surface area contributed by atoms with Gasteiger partial charge in [0.05, 0.1) is 29.5 Å². The predicted octanol–water partition coefficient (Wildman–Crippen LogP) is 5.58. The maximum Gasteiger partial charge on any atom is 0.287 e. The molecule has 4 aromatic rings. The summed E-state index contributed by atoms with van der Waals surface area (Å²) in [5, 5.41) is 27.7. The maximum atomic E-state index is 14.7. The third-order valence-corrected chi connectivity index (χ3v) is 7.96. The number of carbonyl (C=O) groups excluding carboxylic acids is 1. The average molecular weight is 698 g/mol. The van der Waals surface area contributed by atoms with Crippen LogP contribution in [-0.4, -0.2) is 56.0 Å². The molecule has 6 N–H and O–H groups in total. The summed E-state index contributed by atoms with van der Waals surface area (Å²) in [5.74, 6) is -0.563. The van der Waals surface area contributed by atoms with Gasteiger partial charge in [0.15, 0.2) is 5.82 Å². The Morgan fingerprint density at radius 1 is 1.14 bits per heavy atom. The van der Waals surface area contributed by atoms with Crippen LogP contribution in [-0.2, 0) is 18.3 Å². The van der Waals surface area contributed by atoms with E-state index in [0.717, 1.165) is 12.1 Å². The summed E-state index contributed by atoms with van der Waals surface area (Å²) in [7, 11) is 1.68. The van der Waals surface area contributed by atoms with Crippen molar-refractivity contribution in [3.8, 4) is 23.0 Å². The van der Waals surface area contributed by atoms with Crippen LogP contribution in [0.1, 0.15) is 49.7 Å². The second-order valence-corrected chi connectivity index (χ2v) is 12.4. The first-order valence-electron chi connectivity index (χ1n) is 15.4. The third-order valence-electron chi connectivity index (χ3n) is 7.96. The maximum absolute atomic E-state index is 14.7. The van der Waals surface area contributed by atoms with Crippen molar-refractivity contribution in [1.29, 1.82) is 5.41 Å². The molecule has 0 aliphatic heterocycles. The number of alkyl halides is 4. The molecular weight excluding hydrogens is 664 g/mol. The Bertz CT molecular complexity index is 2050. The lowest BCUT2D eigenvalue weighted by Crippen LogP contribution is -2.40. The number of aliphatic hydroxyl groups is 1. The van der Waals surface area contributed by atoms with E-state index in [9.17, 15) is 36.2 Å². The molecule has 2 heterocycles. The van der Waals surface area contributed by atoms with Crippen LogP contribution < -0.4 is 16.4 Å². The van der Waals surface area contributed by atoms with E-state index >= 15 is 0 Å². The van der Waals surface area contributed by atoms with E-state index in [2.05, 4.69) is 27.6 Å². The van der Waals surface area contributed by atoms with Crippen LogP contribution in [0.5, 0.6) is 0 Å². The highest BCUT2D eigenvalue weighted by Gasteiger charge is 2.44. The zero-order valence-corrected chi connectivity index (χ0v) is 27.1. The molecule has 0 saturated heterocycles. The fourth-order valence-electron chi connectivity index (χ4n) is 5.82. The Hall–Kier alpha value is -5.36. The number of nitrogens with zero attached hydrogens (tertiary/aromatic N) is 3. The van der Waals surface area contributed by atoms with Gasteiger partial charge in [0.1, 0.15) is 28.6 Å². The number of aromatic nitrogens is 3. The molecule has 0 bridgehead atoms. The van der Waals surface area contributed by atoms with Crippen LogP contribution in [0.3, 0.4) is 0 Å². The van der Waals surface area contributed by atoms with Gasteiger partial charge in [-0.05, 0) is 68.5 Å². The standard InChI is InChI=1S/C35H33F6N7O2/c1-34(2,50)11-9-21-7-8-22(23-5-4-6-25-30(23)48(3)47-33(25)43)29(45-21)26(15-18-13-19(36)16-20(37)14-18)46-27(49)17-44-31-24(28(42)32(38)39)10-12-35(31,40)41/h4-8,13-14,16,26,32,42,44,50H,10,12,15,17H2,1-3H3,(H2,43,47)(H,46,49). The summed E-state index contributed by atoms with van der Waals surface area (Å²) in [5.41, 5.74) is 3.98. The van der Waals surface area contributed by atoms with Crippen molar-refractivity contribution < 1.29 is 36.2 Å². The van der Waals surface area contributed by atoms with E-state index in [-0.39, 0.29) is 29.2 Å². The zero-order valence-electron chi connectivity index (χ0n) is 27.1. The fourth-order valence-corrected chi connectivity index (χ4v) is 5.82. The third kappa shape index (κ3) is 7.92. The number of rotatable bonds is 10. The Kier molecular flexibility index (Phi) is 9.97. The molecule has 2 aromatic heterocycles. The molecular formula is C35H33F6N7O2. The molecule has 1 aliphatic rings. The summed E-state index contributed by atoms with van der Waals surface area (Å²) in [6.45, 7) is 2.11. The Morgan fingerprint density at radius 2 is 1.84 bits per heavy atom. The molecule has 2 aromatic carbocycles. The molecule has 5 rings (SSSR count). The summed E-state index contributed by atoms with van der Waals surface area (Å²) >= 11 is 0. The lowest BCUT2D eigenvalue weighted by Gasteiger charge is -2.23. The van der Waals surface area contributed by atoms with Crippen LogP contribution in [0.15, 0.2) is 59.8 Å². The molecule has 262 valence electrons. The van der Waals surface area contributed by atoms with Gasteiger partial charge in [-0.15, -0.1) is 0 Å². The van der Waals surface area contributed by atoms with Crippen molar-refractivity contribution in [3.05, 3.63) is 88.4 Å². The van der Waals surface area contributed by atoms with Crippen molar-refractivity contribution >= 4 is 28.3 Å². The molecule has 0 spiro atoms. The molecule has 1 aliphatic carbocycles. The molecule has 0 fully saturated rings. The van der Waals surface area contributed by atoms with Crippen molar-refractivity contribution in [2.24, 2.45) is 7.05 Å². The number of halogens is 6. The highest BCUT2D eigenvalue weighted by molar-refractivity contribution is 6.01. The van der Waals surface area contributed by atoms with Crippen LogP contribution in [0.2, 0.25) is 0 Å². The molecule has 15 heteroatoms. The van der Waals surface area contributed by atoms with E-state index in [1.165, 1.54) is 13.8 Å². The summed E-state index contributed by atoms with van der Waals surface area (Å²) in [6, 6.07) is 10.1. The monoisotopic (exact) mass is 697 g/mol. The lowest BCUT2D eigenvalue weighted by atomic mass is 9.93. The van der Waals surface area contributed by atoms with E-state index < -0.39 is 77.9 Å². The van der Waals surface area contributed by atoms with E-state index in [4.69, 9.17) is 16.1 Å². The second-order valence-electron chi connectivity index (χ2n) is 12.4. The number of anilines is 1. The van der Waals surface area contributed by atoms with Gasteiger partial charge in [-0.25, -0.2) is 22.5 Å². The SMILES string of the molecule is Cn1nc(N)c2cccc(-c3ccc(C#CC(C)(C)O)nc3C(Cc3cc(F)cc(F)c3)NC(=O)CNC3=C(C(=N)C(F)F)CCC3(F)F)c21. The largest absolute Gasteiger partial charge is 0.382 e. The quantitative estimate of drug-likeness (QED) is 0.0833. The Balaban J connectivity index is 1.62. The minimum Gasteiger partial charge on any atom is -0.382 e. The first kappa shape index (κ1) is 35.9. The van der Waals surface area contributed by atoms with Crippen LogP contribution >= 0.6 is 0 Å². The zero-order chi connectivity index (χ0) is 36.5. The van der Waals surface area contributed by atoms with Crippen molar-refractivity contribution in [1.82, 2.24) is 25.4 Å². The van der Waals surface area contributed by atoms with Gasteiger partial charge in [-0.2, -0.15) is 13.9 Å². The number of hydrogen-bond acceptors (Lipinski definition) is 7. The number of allylic oxidation sites excluding steroid dienone is 2. The summed E-state index contributed by atoms with van der Waals surface area (Å²) < 4.78 is 86.2. The highest BCUT2D eigenvalue weighted by atomic mass is 19.3. The number of pyridine rings is 1. The number of nitrogens with one attached hydrogen (secondary N) is 3. The second kappa shape index (κ2) is 13.9. The molecule has 9 nitrogen and oxygen atoms in total. The topological polar surface area (TPSA) is 142 Å². The van der Waals surface area contributed by atoms with Gasteiger partial charge >= 0.3 is 0 Å². The van der Waals surface area contributed by atoms with Crippen molar-refractivity contribution in [2.75, 3.05) is 12.3 Å². The number of nitrogen functional groups attached to an aromatic ring is 1. The first-order chi connectivity index (χ1) is 23.4. The Labute approximate surface area is 283 Å². The highest BCUT2D eigenvalue weighted by Crippen LogP contribution is 2.40. The van der Waals surface area contributed by atoms with Gasteiger partial charge in [0.25, 0.3) is 12.3 Å². The van der Waals surface area contributed by atoms with E-state index in [0.29, 0.717) is 28.1 Å². The van der Waals surface area contributed by atoms with Gasteiger partial charge in [0.2, 0.25) is 5.91 Å². The predicted molar refractivity (Wildman–Crippen MR) is 175 cm³/mol. The summed E-state index contributed by atoms with van der Waals surface area (Å²) in [6.07, 6.45) is -4.84. The molecule has 1 amide bonds. The van der Waals surface area contributed by atoms with Crippen molar-refractivity contribution in [2.45, 2.75) is 57.1 Å². The molecule has 1 atom stereocenters. The van der Waals surface area contributed by atoms with Gasteiger partial charge in [0, 0.05) is 41.6 Å². The average Bonchev–Trinajstić information content (AvgIpc) is 3.50. The van der Waals surface area contributed by atoms with Crippen LogP contribution in [0, 0.1) is 28.9 Å². The number of amides is 1. The summed E-state index contributed by atoms with van der Waals surface area (Å²) in [4.78, 5) is 18.2. The number of benzene rings is 2. The minimum absolute atomic E-state index is 0.113. The molecule has 1 unspecified atom stereocenters. The van der Waals surface area contributed by atoms with Crippen LogP contribution in [0.25, 0.3) is 22.0 Å². The number of fused-ring (bicyclic) bond motifs is 1. The number of hydrogen-bond donors (Lipinski definition) is 5. The normalized spacial score (nSPS) is 14.9. The minimum atomic E-state index is -3.58. The molecule has 0 saturated carbocycles. The number of nitrogens with two attached hydrogens (primary N) is 1. The Morgan fingerprint density at radius 3 is 2.50 bits per heavy atom. The van der Waals surface area contributed by atoms with E-state index in [1.54, 1.807) is 42.1 Å². The first-order valence-corrected chi connectivity index (χ1v) is 15.4. The van der Waals surface area contributed by atoms with Gasteiger partial charge < -0.3 is 21.5 Å². The van der Waals surface area contributed by atoms with Gasteiger partial charge in [-0.1, -0.05) is 18.1 Å². The van der Waals surface area contributed by atoms with E-state index in [1.807, 2.05) is 0 Å². The van der Waals surface area contributed by atoms with Crippen LogP contribution in [0.4, 0.5) is 32.2 Å². The molecule has 50 heavy (non-hydrogen) atoms. The number of carbonyl (C=O) groups is 1. The smallest absolute Gasteiger partial charge is 0.287 e. The fraction of sp³-hybridized carbons (Fsp3) is 0.314. The lowest BCUT2D eigenvalue weighted by molar-refractivity contribution is -0.121. The van der Waals surface area contributed by atoms with Crippen molar-refractivity contribution in [3.63, 3.8) is 0 Å². The molecule has 0 radical (unpaired) electrons.